The van der Waals surface area contributed by atoms with Gasteiger partial charge in [-0.05, 0) is 24.5 Å². The van der Waals surface area contributed by atoms with Gasteiger partial charge in [-0.15, -0.1) is 23.2 Å². The average Bonchev–Trinajstić information content (AvgIpc) is 2.31. The van der Waals surface area contributed by atoms with Gasteiger partial charge in [-0.2, -0.15) is 0 Å². The number of rotatable bonds is 6. The van der Waals surface area contributed by atoms with Gasteiger partial charge in [0.05, 0.1) is 0 Å². The third-order valence-corrected chi connectivity index (χ3v) is 4.00. The van der Waals surface area contributed by atoms with Gasteiger partial charge in [0.15, 0.2) is 0 Å². The first-order valence-electron chi connectivity index (χ1n) is 5.53. The van der Waals surface area contributed by atoms with Crippen molar-refractivity contribution in [3.63, 3.8) is 0 Å². The van der Waals surface area contributed by atoms with Crippen LogP contribution in [-0.4, -0.2) is 11.8 Å². The lowest BCUT2D eigenvalue weighted by Crippen LogP contribution is -2.28. The average molecular weight is 263 g/mol. The highest BCUT2D eigenvalue weighted by Gasteiger charge is 2.28. The van der Waals surface area contributed by atoms with Crippen molar-refractivity contribution in [3.8, 4) is 0 Å². The van der Waals surface area contributed by atoms with Gasteiger partial charge >= 0.3 is 0 Å². The summed E-state index contributed by atoms with van der Waals surface area (Å²) in [5.74, 6) is 0.773. The molecular formula is C13H17Cl2F. The van der Waals surface area contributed by atoms with Crippen molar-refractivity contribution >= 4 is 23.2 Å². The van der Waals surface area contributed by atoms with E-state index in [-0.39, 0.29) is 11.2 Å². The molecule has 0 radical (unpaired) electrons. The second kappa shape index (κ2) is 6.46. The molecule has 0 heterocycles. The third kappa shape index (κ3) is 3.36. The van der Waals surface area contributed by atoms with Gasteiger partial charge in [-0.25, -0.2) is 4.39 Å². The zero-order valence-electron chi connectivity index (χ0n) is 9.48. The van der Waals surface area contributed by atoms with Gasteiger partial charge in [0.1, 0.15) is 5.82 Å². The lowest BCUT2D eigenvalue weighted by Gasteiger charge is -2.29. The molecule has 0 aliphatic carbocycles. The van der Waals surface area contributed by atoms with Crippen LogP contribution in [0, 0.1) is 11.2 Å². The van der Waals surface area contributed by atoms with Gasteiger partial charge in [0.2, 0.25) is 0 Å². The van der Waals surface area contributed by atoms with E-state index in [9.17, 15) is 4.39 Å². The Morgan fingerprint density at radius 1 is 1.19 bits per heavy atom. The summed E-state index contributed by atoms with van der Waals surface area (Å²) < 4.78 is 13.5. The van der Waals surface area contributed by atoms with Gasteiger partial charge in [-0.3, -0.25) is 0 Å². The summed E-state index contributed by atoms with van der Waals surface area (Å²) in [6, 6.07) is 6.83. The minimum Gasteiger partial charge on any atom is -0.207 e. The number of alkyl halides is 2. The lowest BCUT2D eigenvalue weighted by molar-refractivity contribution is 0.336. The molecule has 0 atom stereocenters. The summed E-state index contributed by atoms with van der Waals surface area (Å²) in [4.78, 5) is 0. The molecule has 0 amide bonds. The molecular weight excluding hydrogens is 246 g/mol. The van der Waals surface area contributed by atoms with E-state index in [1.54, 1.807) is 12.1 Å². The number of hydrogen-bond donors (Lipinski definition) is 0. The Balaban J connectivity index is 2.87. The Bertz CT molecular complexity index is 321. The van der Waals surface area contributed by atoms with E-state index in [1.165, 1.54) is 6.07 Å². The van der Waals surface area contributed by atoms with Crippen LogP contribution < -0.4 is 0 Å². The fraction of sp³-hybridized carbons (Fsp3) is 0.538. The van der Waals surface area contributed by atoms with E-state index in [1.807, 2.05) is 6.07 Å². The van der Waals surface area contributed by atoms with E-state index < -0.39 is 0 Å². The Morgan fingerprint density at radius 2 is 1.81 bits per heavy atom. The van der Waals surface area contributed by atoms with Crippen LogP contribution in [0.15, 0.2) is 24.3 Å². The molecule has 0 aromatic heterocycles. The molecule has 0 N–H and O–H groups in total. The number of hydrogen-bond acceptors (Lipinski definition) is 0. The van der Waals surface area contributed by atoms with Gasteiger partial charge < -0.3 is 0 Å². The summed E-state index contributed by atoms with van der Waals surface area (Å²) in [5, 5.41) is 0. The number of halogens is 3. The summed E-state index contributed by atoms with van der Waals surface area (Å²) in [5.41, 5.74) is 0.525. The molecule has 90 valence electrons. The highest BCUT2D eigenvalue weighted by molar-refractivity contribution is 6.21. The van der Waals surface area contributed by atoms with Crippen LogP contribution in [0.4, 0.5) is 4.39 Å². The monoisotopic (exact) mass is 262 g/mol. The summed E-state index contributed by atoms with van der Waals surface area (Å²) in [7, 11) is 0. The first-order valence-corrected chi connectivity index (χ1v) is 6.59. The Kier molecular flexibility index (Phi) is 5.57. The maximum atomic E-state index is 13.5. The van der Waals surface area contributed by atoms with Crippen molar-refractivity contribution in [1.82, 2.24) is 0 Å². The van der Waals surface area contributed by atoms with E-state index in [0.717, 1.165) is 12.8 Å². The molecule has 0 saturated carbocycles. The van der Waals surface area contributed by atoms with Crippen LogP contribution in [0.2, 0.25) is 0 Å². The largest absolute Gasteiger partial charge is 0.207 e. The van der Waals surface area contributed by atoms with E-state index >= 15 is 0 Å². The minimum atomic E-state index is -0.181. The first-order chi connectivity index (χ1) is 7.67. The van der Waals surface area contributed by atoms with E-state index in [0.29, 0.717) is 23.7 Å². The van der Waals surface area contributed by atoms with Gasteiger partial charge in [-0.1, -0.05) is 31.5 Å². The van der Waals surface area contributed by atoms with Crippen molar-refractivity contribution in [2.75, 3.05) is 11.8 Å². The van der Waals surface area contributed by atoms with Crippen molar-refractivity contribution in [2.24, 2.45) is 5.41 Å². The van der Waals surface area contributed by atoms with Gasteiger partial charge in [0, 0.05) is 17.2 Å². The van der Waals surface area contributed by atoms with Crippen LogP contribution >= 0.6 is 23.2 Å². The lowest BCUT2D eigenvalue weighted by atomic mass is 9.81. The highest BCUT2D eigenvalue weighted by Crippen LogP contribution is 2.32. The molecule has 0 fully saturated rings. The SMILES string of the molecule is CCCC(CCl)(CCl)Cc1ccccc1F. The summed E-state index contributed by atoms with van der Waals surface area (Å²) >= 11 is 12.0. The number of benzene rings is 1. The van der Waals surface area contributed by atoms with Crippen molar-refractivity contribution in [1.29, 1.82) is 0 Å². The fourth-order valence-corrected chi connectivity index (χ4v) is 2.67. The maximum Gasteiger partial charge on any atom is 0.126 e. The second-order valence-electron chi connectivity index (χ2n) is 4.29. The Hall–Kier alpha value is -0.270. The van der Waals surface area contributed by atoms with Crippen molar-refractivity contribution in [3.05, 3.63) is 35.6 Å². The zero-order chi connectivity index (χ0) is 12.0. The molecule has 0 aliphatic rings. The predicted molar refractivity (Wildman–Crippen MR) is 68.9 cm³/mol. The van der Waals surface area contributed by atoms with Crippen LogP contribution in [0.5, 0.6) is 0 Å². The minimum absolute atomic E-state index is 0.168. The Morgan fingerprint density at radius 3 is 2.31 bits per heavy atom. The molecule has 16 heavy (non-hydrogen) atoms. The van der Waals surface area contributed by atoms with Crippen molar-refractivity contribution < 1.29 is 4.39 Å². The maximum absolute atomic E-state index is 13.5. The van der Waals surface area contributed by atoms with Crippen LogP contribution in [0.1, 0.15) is 25.3 Å². The molecule has 0 unspecified atom stereocenters. The molecule has 0 aliphatic heterocycles. The molecule has 0 nitrogen and oxygen atoms in total. The molecule has 1 rings (SSSR count). The van der Waals surface area contributed by atoms with Crippen LogP contribution in [-0.2, 0) is 6.42 Å². The zero-order valence-corrected chi connectivity index (χ0v) is 11.0. The second-order valence-corrected chi connectivity index (χ2v) is 4.82. The predicted octanol–water partition coefficient (Wildman–Crippen LogP) is 4.63. The first kappa shape index (κ1) is 13.8. The Labute approximate surface area is 107 Å². The third-order valence-electron chi connectivity index (χ3n) is 2.87. The molecule has 0 spiro atoms. The molecule has 0 bridgehead atoms. The molecule has 1 aromatic carbocycles. The summed E-state index contributed by atoms with van der Waals surface area (Å²) in [6.07, 6.45) is 2.54. The highest BCUT2D eigenvalue weighted by atomic mass is 35.5. The molecule has 3 heteroatoms. The van der Waals surface area contributed by atoms with Gasteiger partial charge in [0.25, 0.3) is 0 Å². The fourth-order valence-electron chi connectivity index (χ4n) is 1.93. The quantitative estimate of drug-likeness (QED) is 0.656. The van der Waals surface area contributed by atoms with E-state index in [2.05, 4.69) is 6.92 Å². The molecule has 0 saturated heterocycles. The standard InChI is InChI=1S/C13H17Cl2F/c1-2-7-13(9-14,10-15)8-11-5-3-4-6-12(11)16/h3-6H,2,7-10H2,1H3. The van der Waals surface area contributed by atoms with Crippen molar-refractivity contribution in [2.45, 2.75) is 26.2 Å². The smallest absolute Gasteiger partial charge is 0.126 e. The van der Waals surface area contributed by atoms with Crippen LogP contribution in [0.25, 0.3) is 0 Å². The normalized spacial score (nSPS) is 11.8. The summed E-state index contributed by atoms with van der Waals surface area (Å²) in [6.45, 7) is 2.09. The molecule has 1 aromatic rings. The van der Waals surface area contributed by atoms with Crippen LogP contribution in [0.3, 0.4) is 0 Å². The van der Waals surface area contributed by atoms with E-state index in [4.69, 9.17) is 23.2 Å². The topological polar surface area (TPSA) is 0 Å².